The average molecular weight is 315 g/mol. The number of benzene rings is 1. The normalized spacial score (nSPS) is 21.5. The number of amides is 1. The summed E-state index contributed by atoms with van der Waals surface area (Å²) >= 11 is 0. The standard InChI is InChI=1S/C18H25N3O2/c1-20(2)17-11-21(10-14(17)12-22)18(23)8-7-13-9-19-16-6-4-3-5-15(13)16/h3-6,9,14,17,19,22H,7-8,10-12H2,1-2H3/t14-,17+/m0/s1. The summed E-state index contributed by atoms with van der Waals surface area (Å²) in [7, 11) is 4.01. The van der Waals surface area contributed by atoms with Gasteiger partial charge in [0.2, 0.25) is 5.91 Å². The number of fused-ring (bicyclic) bond motifs is 1. The van der Waals surface area contributed by atoms with Gasteiger partial charge in [-0.15, -0.1) is 0 Å². The zero-order valence-electron chi connectivity index (χ0n) is 13.8. The molecular formula is C18H25N3O2. The Labute approximate surface area is 136 Å². The Morgan fingerprint density at radius 1 is 1.35 bits per heavy atom. The van der Waals surface area contributed by atoms with E-state index in [1.807, 2.05) is 37.3 Å². The number of hydrogen-bond acceptors (Lipinski definition) is 3. The molecule has 0 radical (unpaired) electrons. The van der Waals surface area contributed by atoms with Crippen LogP contribution in [0.3, 0.4) is 0 Å². The largest absolute Gasteiger partial charge is 0.396 e. The number of para-hydroxylation sites is 1. The fourth-order valence-corrected chi connectivity index (χ4v) is 3.56. The molecule has 5 heteroatoms. The summed E-state index contributed by atoms with van der Waals surface area (Å²) in [4.78, 5) is 19.8. The molecule has 3 rings (SSSR count). The van der Waals surface area contributed by atoms with Crippen LogP contribution in [-0.4, -0.2) is 65.6 Å². The molecule has 1 saturated heterocycles. The van der Waals surface area contributed by atoms with Gasteiger partial charge in [0.05, 0.1) is 0 Å². The Morgan fingerprint density at radius 2 is 2.13 bits per heavy atom. The summed E-state index contributed by atoms with van der Waals surface area (Å²) in [6, 6.07) is 8.42. The molecule has 1 aromatic heterocycles. The van der Waals surface area contributed by atoms with Crippen LogP contribution in [0.5, 0.6) is 0 Å². The van der Waals surface area contributed by atoms with Gasteiger partial charge in [0, 0.05) is 55.2 Å². The fourth-order valence-electron chi connectivity index (χ4n) is 3.56. The molecule has 1 aromatic carbocycles. The number of aryl methyl sites for hydroxylation is 1. The molecule has 23 heavy (non-hydrogen) atoms. The van der Waals surface area contributed by atoms with E-state index in [2.05, 4.69) is 22.0 Å². The first-order valence-electron chi connectivity index (χ1n) is 8.20. The highest BCUT2D eigenvalue weighted by Crippen LogP contribution is 2.23. The second kappa shape index (κ2) is 6.72. The van der Waals surface area contributed by atoms with Gasteiger partial charge in [0.25, 0.3) is 0 Å². The highest BCUT2D eigenvalue weighted by atomic mass is 16.3. The third-order valence-corrected chi connectivity index (χ3v) is 4.94. The maximum Gasteiger partial charge on any atom is 0.222 e. The van der Waals surface area contributed by atoms with Crippen LogP contribution in [0, 0.1) is 5.92 Å². The van der Waals surface area contributed by atoms with Gasteiger partial charge in [0.15, 0.2) is 0 Å². The van der Waals surface area contributed by atoms with Crippen molar-refractivity contribution >= 4 is 16.8 Å². The van der Waals surface area contributed by atoms with Crippen molar-refractivity contribution < 1.29 is 9.90 Å². The van der Waals surface area contributed by atoms with Gasteiger partial charge in [-0.2, -0.15) is 0 Å². The first-order chi connectivity index (χ1) is 11.1. The monoisotopic (exact) mass is 315 g/mol. The van der Waals surface area contributed by atoms with Gasteiger partial charge in [-0.25, -0.2) is 0 Å². The molecule has 0 unspecified atom stereocenters. The molecule has 2 N–H and O–H groups in total. The highest BCUT2D eigenvalue weighted by Gasteiger charge is 2.35. The van der Waals surface area contributed by atoms with Crippen molar-refractivity contribution in [2.24, 2.45) is 5.92 Å². The summed E-state index contributed by atoms with van der Waals surface area (Å²) < 4.78 is 0. The molecule has 1 fully saturated rings. The molecule has 2 atom stereocenters. The Kier molecular flexibility index (Phi) is 4.68. The van der Waals surface area contributed by atoms with E-state index in [1.54, 1.807) is 0 Å². The number of aromatic amines is 1. The molecule has 0 spiro atoms. The Morgan fingerprint density at radius 3 is 2.83 bits per heavy atom. The molecule has 1 aliphatic heterocycles. The Bertz CT molecular complexity index is 680. The van der Waals surface area contributed by atoms with E-state index in [9.17, 15) is 9.90 Å². The van der Waals surface area contributed by atoms with Gasteiger partial charge < -0.3 is 19.9 Å². The van der Waals surface area contributed by atoms with Gasteiger partial charge in [-0.3, -0.25) is 4.79 Å². The van der Waals surface area contributed by atoms with Crippen LogP contribution >= 0.6 is 0 Å². The second-order valence-corrected chi connectivity index (χ2v) is 6.63. The second-order valence-electron chi connectivity index (χ2n) is 6.63. The van der Waals surface area contributed by atoms with Gasteiger partial charge in [0.1, 0.15) is 0 Å². The highest BCUT2D eigenvalue weighted by molar-refractivity contribution is 5.84. The molecular weight excluding hydrogens is 290 g/mol. The first kappa shape index (κ1) is 16.0. The third kappa shape index (κ3) is 3.26. The van der Waals surface area contributed by atoms with Crippen molar-refractivity contribution in [2.75, 3.05) is 33.8 Å². The number of aliphatic hydroxyl groups excluding tert-OH is 1. The minimum Gasteiger partial charge on any atom is -0.396 e. The number of aromatic nitrogens is 1. The predicted molar refractivity (Wildman–Crippen MR) is 91.3 cm³/mol. The van der Waals surface area contributed by atoms with Crippen molar-refractivity contribution in [3.8, 4) is 0 Å². The van der Waals surface area contributed by atoms with Crippen molar-refractivity contribution in [1.82, 2.24) is 14.8 Å². The van der Waals surface area contributed by atoms with Crippen LogP contribution in [0.2, 0.25) is 0 Å². The molecule has 0 saturated carbocycles. The number of carbonyl (C=O) groups is 1. The average Bonchev–Trinajstić information content (AvgIpc) is 3.17. The summed E-state index contributed by atoms with van der Waals surface area (Å²) in [5.74, 6) is 0.333. The van der Waals surface area contributed by atoms with Gasteiger partial charge in [-0.05, 0) is 32.1 Å². The predicted octanol–water partition coefficient (Wildman–Crippen LogP) is 1.48. The lowest BCUT2D eigenvalue weighted by Crippen LogP contribution is -2.37. The number of hydrogen-bond donors (Lipinski definition) is 2. The van der Waals surface area contributed by atoms with Crippen LogP contribution in [0.15, 0.2) is 30.5 Å². The van der Waals surface area contributed by atoms with Crippen molar-refractivity contribution in [1.29, 1.82) is 0 Å². The van der Waals surface area contributed by atoms with Gasteiger partial charge >= 0.3 is 0 Å². The van der Waals surface area contributed by atoms with Crippen LogP contribution < -0.4 is 0 Å². The number of carbonyl (C=O) groups excluding carboxylic acids is 1. The summed E-state index contributed by atoms with van der Waals surface area (Å²) in [6.45, 7) is 1.51. The van der Waals surface area contributed by atoms with E-state index in [-0.39, 0.29) is 24.5 Å². The van der Waals surface area contributed by atoms with Crippen molar-refractivity contribution in [3.63, 3.8) is 0 Å². The third-order valence-electron chi connectivity index (χ3n) is 4.94. The molecule has 0 bridgehead atoms. The summed E-state index contributed by atoms with van der Waals surface area (Å²) in [5.41, 5.74) is 2.31. The molecule has 124 valence electrons. The smallest absolute Gasteiger partial charge is 0.222 e. The molecule has 5 nitrogen and oxygen atoms in total. The summed E-state index contributed by atoms with van der Waals surface area (Å²) in [5, 5.41) is 10.7. The number of likely N-dealkylation sites (N-methyl/N-ethyl adjacent to an activating group) is 1. The molecule has 2 aromatic rings. The SMILES string of the molecule is CN(C)[C@@H]1CN(C(=O)CCc2c[nH]c3ccccc23)C[C@H]1CO. The lowest BCUT2D eigenvalue weighted by atomic mass is 10.0. The van der Waals surface area contributed by atoms with E-state index < -0.39 is 0 Å². The van der Waals surface area contributed by atoms with Gasteiger partial charge in [-0.1, -0.05) is 18.2 Å². The van der Waals surface area contributed by atoms with Crippen LogP contribution in [-0.2, 0) is 11.2 Å². The van der Waals surface area contributed by atoms with E-state index in [0.717, 1.165) is 11.9 Å². The number of aliphatic hydroxyl groups is 1. The molecule has 2 heterocycles. The molecule has 1 aliphatic rings. The zero-order chi connectivity index (χ0) is 16.4. The van der Waals surface area contributed by atoms with Crippen molar-refractivity contribution in [3.05, 3.63) is 36.0 Å². The number of H-pyrrole nitrogens is 1. The lowest BCUT2D eigenvalue weighted by Gasteiger charge is -2.23. The number of rotatable bonds is 5. The zero-order valence-corrected chi connectivity index (χ0v) is 13.8. The summed E-state index contributed by atoms with van der Waals surface area (Å²) in [6.07, 6.45) is 3.26. The maximum atomic E-state index is 12.5. The Hall–Kier alpha value is -1.85. The minimum atomic E-state index is 0.134. The van der Waals surface area contributed by atoms with Crippen LogP contribution in [0.1, 0.15) is 12.0 Å². The fraction of sp³-hybridized carbons (Fsp3) is 0.500. The minimum absolute atomic E-state index is 0.134. The number of nitrogens with zero attached hydrogens (tertiary/aromatic N) is 2. The van der Waals surface area contributed by atoms with Crippen LogP contribution in [0.25, 0.3) is 10.9 Å². The lowest BCUT2D eigenvalue weighted by molar-refractivity contribution is -0.130. The molecule has 0 aliphatic carbocycles. The van der Waals surface area contributed by atoms with E-state index in [0.29, 0.717) is 19.5 Å². The topological polar surface area (TPSA) is 59.6 Å². The van der Waals surface area contributed by atoms with E-state index >= 15 is 0 Å². The first-order valence-corrected chi connectivity index (χ1v) is 8.20. The maximum absolute atomic E-state index is 12.5. The number of nitrogens with one attached hydrogen (secondary N) is 1. The van der Waals surface area contributed by atoms with Crippen molar-refractivity contribution in [2.45, 2.75) is 18.9 Å². The molecule has 1 amide bonds. The Balaban J connectivity index is 1.62. The van der Waals surface area contributed by atoms with E-state index in [1.165, 1.54) is 10.9 Å². The van der Waals surface area contributed by atoms with E-state index in [4.69, 9.17) is 0 Å². The van der Waals surface area contributed by atoms with Crippen LogP contribution in [0.4, 0.5) is 0 Å². The quantitative estimate of drug-likeness (QED) is 0.879. The number of likely N-dealkylation sites (tertiary alicyclic amines) is 1.